The van der Waals surface area contributed by atoms with Crippen molar-refractivity contribution in [2.75, 3.05) is 0 Å². The highest BCUT2D eigenvalue weighted by molar-refractivity contribution is 6.31. The first-order valence-corrected chi connectivity index (χ1v) is 7.74. The topological polar surface area (TPSA) is 67.2 Å². The minimum atomic E-state index is -0.561. The van der Waals surface area contributed by atoms with Gasteiger partial charge in [0.2, 0.25) is 0 Å². The number of nitrogens with one attached hydrogen (secondary N) is 1. The van der Waals surface area contributed by atoms with Crippen molar-refractivity contribution in [2.45, 2.75) is 25.0 Å². The molecule has 1 amide bonds. The van der Waals surface area contributed by atoms with Crippen molar-refractivity contribution in [2.24, 2.45) is 13.0 Å². The number of nitrogens with zero attached hydrogens (tertiary/aromatic N) is 2. The summed E-state index contributed by atoms with van der Waals surface area (Å²) < 4.78 is 14.9. The third-order valence-corrected chi connectivity index (χ3v) is 4.46. The standard InChI is InChI=1S/C16H17ClFN3O2/c1-21-8-11(7-19-21)15(10-4-12(22)5-10)20-16(23)9-2-3-14(18)13(17)6-9/h2-3,6-8,10,12,15,22H,4-5H2,1H3,(H,20,23)/t10?,12?,15-/m0/s1. The Morgan fingerprint density at radius 2 is 2.26 bits per heavy atom. The molecule has 0 aliphatic heterocycles. The number of halogens is 2. The molecule has 1 aromatic carbocycles. The fourth-order valence-corrected chi connectivity index (χ4v) is 3.02. The van der Waals surface area contributed by atoms with Crippen LogP contribution in [0.25, 0.3) is 0 Å². The monoisotopic (exact) mass is 337 g/mol. The molecule has 0 bridgehead atoms. The van der Waals surface area contributed by atoms with Crippen LogP contribution in [-0.2, 0) is 7.05 Å². The number of hydrogen-bond acceptors (Lipinski definition) is 3. The molecular formula is C16H17ClFN3O2. The SMILES string of the molecule is Cn1cc([C@@H](NC(=O)c2ccc(F)c(Cl)c2)C2CC(O)C2)cn1. The van der Waals surface area contributed by atoms with Gasteiger partial charge in [-0.25, -0.2) is 4.39 Å². The van der Waals surface area contributed by atoms with E-state index < -0.39 is 5.82 Å². The summed E-state index contributed by atoms with van der Waals surface area (Å²) >= 11 is 5.73. The Hall–Kier alpha value is -1.92. The first kappa shape index (κ1) is 16.0. The predicted molar refractivity (Wildman–Crippen MR) is 83.6 cm³/mol. The predicted octanol–water partition coefficient (Wildman–Crippen LogP) is 2.45. The normalized spacial score (nSPS) is 21.6. The molecule has 122 valence electrons. The van der Waals surface area contributed by atoms with Crippen molar-refractivity contribution in [3.63, 3.8) is 0 Å². The zero-order valence-electron chi connectivity index (χ0n) is 12.5. The molecule has 23 heavy (non-hydrogen) atoms. The molecule has 0 saturated heterocycles. The lowest BCUT2D eigenvalue weighted by atomic mass is 9.75. The first-order valence-electron chi connectivity index (χ1n) is 7.36. The van der Waals surface area contributed by atoms with Gasteiger partial charge >= 0.3 is 0 Å². The van der Waals surface area contributed by atoms with Gasteiger partial charge in [-0.1, -0.05) is 11.6 Å². The van der Waals surface area contributed by atoms with Crippen LogP contribution in [0.5, 0.6) is 0 Å². The Bertz CT molecular complexity index is 728. The highest BCUT2D eigenvalue weighted by Crippen LogP contribution is 2.38. The molecule has 1 saturated carbocycles. The molecule has 5 nitrogen and oxygen atoms in total. The molecule has 1 atom stereocenters. The van der Waals surface area contributed by atoms with E-state index >= 15 is 0 Å². The maximum absolute atomic E-state index is 13.2. The summed E-state index contributed by atoms with van der Waals surface area (Å²) in [6, 6.07) is 3.63. The fraction of sp³-hybridized carbons (Fsp3) is 0.375. The van der Waals surface area contributed by atoms with Crippen LogP contribution in [0.3, 0.4) is 0 Å². The number of carbonyl (C=O) groups is 1. The fourth-order valence-electron chi connectivity index (χ4n) is 2.84. The van der Waals surface area contributed by atoms with Crippen LogP contribution in [0.15, 0.2) is 30.6 Å². The van der Waals surface area contributed by atoms with Crippen LogP contribution in [0.2, 0.25) is 5.02 Å². The molecule has 0 spiro atoms. The van der Waals surface area contributed by atoms with E-state index in [4.69, 9.17) is 11.6 Å². The van der Waals surface area contributed by atoms with Crippen LogP contribution in [0.1, 0.15) is 34.8 Å². The Morgan fingerprint density at radius 1 is 1.52 bits per heavy atom. The summed E-state index contributed by atoms with van der Waals surface area (Å²) in [5.74, 6) is -0.745. The van der Waals surface area contributed by atoms with Crippen molar-refractivity contribution in [1.82, 2.24) is 15.1 Å². The first-order chi connectivity index (χ1) is 10.9. The van der Waals surface area contributed by atoms with Gasteiger partial charge in [-0.15, -0.1) is 0 Å². The van der Waals surface area contributed by atoms with Gasteiger partial charge in [-0.05, 0) is 37.0 Å². The van der Waals surface area contributed by atoms with Crippen LogP contribution >= 0.6 is 11.6 Å². The molecule has 1 heterocycles. The lowest BCUT2D eigenvalue weighted by Crippen LogP contribution is -2.41. The molecule has 2 aromatic rings. The van der Waals surface area contributed by atoms with E-state index in [1.54, 1.807) is 17.9 Å². The number of carbonyl (C=O) groups excluding carboxylic acids is 1. The third kappa shape index (κ3) is 3.38. The Kier molecular flexibility index (Phi) is 4.37. The number of aliphatic hydroxyl groups is 1. The maximum Gasteiger partial charge on any atom is 0.251 e. The minimum absolute atomic E-state index is 0.0883. The van der Waals surface area contributed by atoms with Gasteiger partial charge in [0.1, 0.15) is 5.82 Å². The number of aryl methyl sites for hydroxylation is 1. The van der Waals surface area contributed by atoms with E-state index in [9.17, 15) is 14.3 Å². The van der Waals surface area contributed by atoms with Gasteiger partial charge in [0.25, 0.3) is 5.91 Å². The molecule has 3 rings (SSSR count). The molecule has 0 radical (unpaired) electrons. The van der Waals surface area contributed by atoms with Crippen molar-refractivity contribution in [1.29, 1.82) is 0 Å². The number of benzene rings is 1. The molecule has 0 unspecified atom stereocenters. The summed E-state index contributed by atoms with van der Waals surface area (Å²) in [5.41, 5.74) is 1.18. The van der Waals surface area contributed by atoms with Gasteiger partial charge in [0, 0.05) is 24.4 Å². The zero-order chi connectivity index (χ0) is 16.6. The second-order valence-electron chi connectivity index (χ2n) is 5.91. The summed E-state index contributed by atoms with van der Waals surface area (Å²) in [6.45, 7) is 0. The molecule has 1 aromatic heterocycles. The number of aromatic nitrogens is 2. The minimum Gasteiger partial charge on any atom is -0.393 e. The molecule has 7 heteroatoms. The van der Waals surface area contributed by atoms with Crippen molar-refractivity contribution in [3.05, 3.63) is 52.6 Å². The maximum atomic E-state index is 13.2. The largest absolute Gasteiger partial charge is 0.393 e. The van der Waals surface area contributed by atoms with Crippen molar-refractivity contribution < 1.29 is 14.3 Å². The lowest BCUT2D eigenvalue weighted by molar-refractivity contribution is 0.0235. The molecular weight excluding hydrogens is 321 g/mol. The number of rotatable bonds is 4. The highest BCUT2D eigenvalue weighted by atomic mass is 35.5. The van der Waals surface area contributed by atoms with Crippen LogP contribution in [0, 0.1) is 11.7 Å². The lowest BCUT2D eigenvalue weighted by Gasteiger charge is -2.37. The Morgan fingerprint density at radius 3 is 2.83 bits per heavy atom. The van der Waals surface area contributed by atoms with Gasteiger partial charge < -0.3 is 10.4 Å². The zero-order valence-corrected chi connectivity index (χ0v) is 13.3. The second-order valence-corrected chi connectivity index (χ2v) is 6.32. The average Bonchev–Trinajstić information content (AvgIpc) is 2.91. The van der Waals surface area contributed by atoms with Crippen LogP contribution < -0.4 is 5.32 Å². The van der Waals surface area contributed by atoms with Gasteiger partial charge in [0.15, 0.2) is 0 Å². The summed E-state index contributed by atoms with van der Waals surface area (Å²) in [4.78, 5) is 12.4. The van der Waals surface area contributed by atoms with Gasteiger partial charge in [-0.2, -0.15) is 5.10 Å². The van der Waals surface area contributed by atoms with Crippen molar-refractivity contribution in [3.8, 4) is 0 Å². The van der Waals surface area contributed by atoms with Gasteiger partial charge in [0.05, 0.1) is 23.4 Å². The van der Waals surface area contributed by atoms with E-state index in [0.717, 1.165) is 5.56 Å². The Balaban J connectivity index is 1.80. The quantitative estimate of drug-likeness (QED) is 0.900. The average molecular weight is 338 g/mol. The molecule has 1 aliphatic carbocycles. The highest BCUT2D eigenvalue weighted by Gasteiger charge is 2.36. The van der Waals surface area contributed by atoms with E-state index in [2.05, 4.69) is 10.4 Å². The third-order valence-electron chi connectivity index (χ3n) is 4.17. The van der Waals surface area contributed by atoms with E-state index in [1.165, 1.54) is 18.2 Å². The smallest absolute Gasteiger partial charge is 0.251 e. The van der Waals surface area contributed by atoms with E-state index in [0.29, 0.717) is 18.4 Å². The molecule has 1 fully saturated rings. The van der Waals surface area contributed by atoms with Gasteiger partial charge in [-0.3, -0.25) is 9.48 Å². The molecule has 2 N–H and O–H groups in total. The number of hydrogen-bond donors (Lipinski definition) is 2. The Labute approximate surface area is 138 Å². The number of amides is 1. The summed E-state index contributed by atoms with van der Waals surface area (Å²) in [5, 5.41) is 16.5. The molecule has 1 aliphatic rings. The summed E-state index contributed by atoms with van der Waals surface area (Å²) in [6.07, 6.45) is 4.48. The van der Waals surface area contributed by atoms with Crippen LogP contribution in [-0.4, -0.2) is 26.9 Å². The van der Waals surface area contributed by atoms with E-state index in [-0.39, 0.29) is 29.0 Å². The van der Waals surface area contributed by atoms with Crippen molar-refractivity contribution >= 4 is 17.5 Å². The second kappa shape index (κ2) is 6.29. The van der Waals surface area contributed by atoms with Crippen LogP contribution in [0.4, 0.5) is 4.39 Å². The summed E-state index contributed by atoms with van der Waals surface area (Å²) in [7, 11) is 1.80. The number of aliphatic hydroxyl groups excluding tert-OH is 1. The van der Waals surface area contributed by atoms with E-state index in [1.807, 2.05) is 6.20 Å².